The first-order valence-electron chi connectivity index (χ1n) is 7.34. The van der Waals surface area contributed by atoms with Gasteiger partial charge in [-0.1, -0.05) is 23.2 Å². The summed E-state index contributed by atoms with van der Waals surface area (Å²) in [7, 11) is 0. The standard InChI is InChI=1S/C17H16Cl2N2O2/c1-2-21-6-5-10-7-12(3-4-13(10)17(21)22)23-16-14(18)8-11(20)9-15(16)19/h3-4,7-9H,2,5-6,20H2,1H3. The highest BCUT2D eigenvalue weighted by atomic mass is 35.5. The summed E-state index contributed by atoms with van der Waals surface area (Å²) < 4.78 is 5.81. The minimum absolute atomic E-state index is 0.0591. The van der Waals surface area contributed by atoms with Crippen molar-refractivity contribution in [1.82, 2.24) is 4.90 Å². The zero-order valence-corrected chi connectivity index (χ0v) is 14.1. The van der Waals surface area contributed by atoms with Gasteiger partial charge in [-0.3, -0.25) is 4.79 Å². The molecule has 1 aliphatic rings. The predicted octanol–water partition coefficient (Wildman–Crippen LogP) is 4.39. The Morgan fingerprint density at radius 2 is 1.91 bits per heavy atom. The predicted molar refractivity (Wildman–Crippen MR) is 92.7 cm³/mol. The molecule has 23 heavy (non-hydrogen) atoms. The summed E-state index contributed by atoms with van der Waals surface area (Å²) in [6, 6.07) is 8.57. The average molecular weight is 351 g/mol. The maximum absolute atomic E-state index is 12.3. The number of halogens is 2. The van der Waals surface area contributed by atoms with Crippen LogP contribution in [-0.2, 0) is 6.42 Å². The van der Waals surface area contributed by atoms with Crippen LogP contribution in [0.1, 0.15) is 22.8 Å². The SMILES string of the molecule is CCN1CCc2cc(Oc3c(Cl)cc(N)cc3Cl)ccc2C1=O. The Kier molecular flexibility index (Phi) is 4.37. The van der Waals surface area contributed by atoms with E-state index in [0.29, 0.717) is 33.8 Å². The molecule has 3 rings (SSSR count). The van der Waals surface area contributed by atoms with Crippen molar-refractivity contribution in [2.45, 2.75) is 13.3 Å². The number of likely N-dealkylation sites (N-methyl/N-ethyl adjacent to an activating group) is 1. The van der Waals surface area contributed by atoms with Crippen molar-refractivity contribution >= 4 is 34.8 Å². The summed E-state index contributed by atoms with van der Waals surface area (Å²) in [5, 5.41) is 0.696. The molecule has 0 aromatic heterocycles. The summed E-state index contributed by atoms with van der Waals surface area (Å²) >= 11 is 12.3. The first-order valence-corrected chi connectivity index (χ1v) is 8.09. The molecular formula is C17H16Cl2N2O2. The van der Waals surface area contributed by atoms with E-state index in [1.54, 1.807) is 24.3 Å². The Bertz CT molecular complexity index is 754. The van der Waals surface area contributed by atoms with E-state index < -0.39 is 0 Å². The van der Waals surface area contributed by atoms with Crippen LogP contribution in [0.5, 0.6) is 11.5 Å². The molecule has 0 bridgehead atoms. The molecule has 2 N–H and O–H groups in total. The van der Waals surface area contributed by atoms with Crippen LogP contribution in [0, 0.1) is 0 Å². The average Bonchev–Trinajstić information content (AvgIpc) is 2.51. The van der Waals surface area contributed by atoms with Crippen molar-refractivity contribution in [3.05, 3.63) is 51.5 Å². The molecular weight excluding hydrogens is 335 g/mol. The van der Waals surface area contributed by atoms with Crippen LogP contribution in [-0.4, -0.2) is 23.9 Å². The van der Waals surface area contributed by atoms with Gasteiger partial charge >= 0.3 is 0 Å². The zero-order valence-electron chi connectivity index (χ0n) is 12.6. The number of benzene rings is 2. The number of fused-ring (bicyclic) bond motifs is 1. The number of anilines is 1. The molecule has 0 saturated heterocycles. The second-order valence-electron chi connectivity index (χ2n) is 5.37. The summed E-state index contributed by atoms with van der Waals surface area (Å²) in [5.41, 5.74) is 7.86. The highest BCUT2D eigenvalue weighted by molar-refractivity contribution is 6.37. The van der Waals surface area contributed by atoms with Crippen LogP contribution in [0.4, 0.5) is 5.69 Å². The molecule has 120 valence electrons. The van der Waals surface area contributed by atoms with Gasteiger partial charge < -0.3 is 15.4 Å². The molecule has 1 heterocycles. The Balaban J connectivity index is 1.91. The van der Waals surface area contributed by atoms with Crippen molar-refractivity contribution in [3.8, 4) is 11.5 Å². The van der Waals surface area contributed by atoms with Gasteiger partial charge in [-0.2, -0.15) is 0 Å². The minimum atomic E-state index is 0.0591. The molecule has 0 unspecified atom stereocenters. The number of nitrogen functional groups attached to an aromatic ring is 1. The minimum Gasteiger partial charge on any atom is -0.454 e. The second-order valence-corrected chi connectivity index (χ2v) is 6.18. The topological polar surface area (TPSA) is 55.6 Å². The van der Waals surface area contributed by atoms with Gasteiger partial charge in [0, 0.05) is 24.3 Å². The Hall–Kier alpha value is -1.91. The van der Waals surface area contributed by atoms with Gasteiger partial charge in [0.25, 0.3) is 5.91 Å². The number of rotatable bonds is 3. The van der Waals surface area contributed by atoms with Gasteiger partial charge in [0.15, 0.2) is 5.75 Å². The lowest BCUT2D eigenvalue weighted by Gasteiger charge is -2.27. The Labute approximate surface area is 144 Å². The number of hydrogen-bond acceptors (Lipinski definition) is 3. The molecule has 0 radical (unpaired) electrons. The highest BCUT2D eigenvalue weighted by Gasteiger charge is 2.23. The van der Waals surface area contributed by atoms with E-state index in [9.17, 15) is 4.79 Å². The van der Waals surface area contributed by atoms with E-state index in [4.69, 9.17) is 33.7 Å². The van der Waals surface area contributed by atoms with Gasteiger partial charge in [-0.15, -0.1) is 0 Å². The summed E-state index contributed by atoms with van der Waals surface area (Å²) in [6.07, 6.45) is 0.801. The van der Waals surface area contributed by atoms with E-state index in [2.05, 4.69) is 0 Å². The molecule has 0 atom stereocenters. The summed E-state index contributed by atoms with van der Waals surface area (Å²) in [6.45, 7) is 3.41. The summed E-state index contributed by atoms with van der Waals surface area (Å²) in [5.74, 6) is 1.01. The Morgan fingerprint density at radius 1 is 1.22 bits per heavy atom. The van der Waals surface area contributed by atoms with Crippen molar-refractivity contribution < 1.29 is 9.53 Å². The third-order valence-electron chi connectivity index (χ3n) is 3.87. The van der Waals surface area contributed by atoms with Crippen molar-refractivity contribution in [1.29, 1.82) is 0 Å². The van der Waals surface area contributed by atoms with E-state index in [-0.39, 0.29) is 5.91 Å². The normalized spacial score (nSPS) is 13.9. The lowest BCUT2D eigenvalue weighted by atomic mass is 9.99. The van der Waals surface area contributed by atoms with Crippen LogP contribution < -0.4 is 10.5 Å². The lowest BCUT2D eigenvalue weighted by Crippen LogP contribution is -2.37. The lowest BCUT2D eigenvalue weighted by molar-refractivity contribution is 0.0749. The molecule has 0 spiro atoms. The van der Waals surface area contributed by atoms with Gasteiger partial charge in [-0.25, -0.2) is 0 Å². The maximum atomic E-state index is 12.3. The zero-order chi connectivity index (χ0) is 16.6. The van der Waals surface area contributed by atoms with Gasteiger partial charge in [0.1, 0.15) is 5.75 Å². The first kappa shape index (κ1) is 16.0. The molecule has 2 aromatic carbocycles. The smallest absolute Gasteiger partial charge is 0.254 e. The third-order valence-corrected chi connectivity index (χ3v) is 4.43. The van der Waals surface area contributed by atoms with Gasteiger partial charge in [0.05, 0.1) is 10.0 Å². The number of hydrogen-bond donors (Lipinski definition) is 1. The third kappa shape index (κ3) is 3.09. The quantitative estimate of drug-likeness (QED) is 0.835. The molecule has 1 amide bonds. The molecule has 1 aliphatic heterocycles. The number of nitrogens with zero attached hydrogens (tertiary/aromatic N) is 1. The van der Waals surface area contributed by atoms with Crippen LogP contribution in [0.15, 0.2) is 30.3 Å². The van der Waals surface area contributed by atoms with Gasteiger partial charge in [0.2, 0.25) is 0 Å². The van der Waals surface area contributed by atoms with Crippen LogP contribution in [0.2, 0.25) is 10.0 Å². The van der Waals surface area contributed by atoms with E-state index in [0.717, 1.165) is 24.1 Å². The second kappa shape index (κ2) is 6.30. The van der Waals surface area contributed by atoms with Crippen LogP contribution in [0.25, 0.3) is 0 Å². The fourth-order valence-electron chi connectivity index (χ4n) is 2.67. The van der Waals surface area contributed by atoms with Crippen molar-refractivity contribution in [2.75, 3.05) is 18.8 Å². The fourth-order valence-corrected chi connectivity index (χ4v) is 3.25. The number of carbonyl (C=O) groups excluding carboxylic acids is 1. The van der Waals surface area contributed by atoms with Crippen LogP contribution >= 0.6 is 23.2 Å². The number of ether oxygens (including phenoxy) is 1. The van der Waals surface area contributed by atoms with Crippen molar-refractivity contribution in [3.63, 3.8) is 0 Å². The Morgan fingerprint density at radius 3 is 2.57 bits per heavy atom. The summed E-state index contributed by atoms with van der Waals surface area (Å²) in [4.78, 5) is 14.1. The largest absolute Gasteiger partial charge is 0.454 e. The first-order chi connectivity index (χ1) is 11.0. The van der Waals surface area contributed by atoms with E-state index in [1.165, 1.54) is 0 Å². The molecule has 0 saturated carbocycles. The monoisotopic (exact) mass is 350 g/mol. The molecule has 4 nitrogen and oxygen atoms in total. The molecule has 0 fully saturated rings. The number of amides is 1. The highest BCUT2D eigenvalue weighted by Crippen LogP contribution is 2.38. The molecule has 6 heteroatoms. The van der Waals surface area contributed by atoms with Crippen LogP contribution in [0.3, 0.4) is 0 Å². The van der Waals surface area contributed by atoms with E-state index in [1.807, 2.05) is 17.9 Å². The maximum Gasteiger partial charge on any atom is 0.254 e. The van der Waals surface area contributed by atoms with Crippen molar-refractivity contribution in [2.24, 2.45) is 0 Å². The number of carbonyl (C=O) groups is 1. The number of nitrogens with two attached hydrogens (primary N) is 1. The molecule has 0 aliphatic carbocycles. The fraction of sp³-hybridized carbons (Fsp3) is 0.235. The van der Waals surface area contributed by atoms with Gasteiger partial charge in [-0.05, 0) is 49.2 Å². The van der Waals surface area contributed by atoms with E-state index >= 15 is 0 Å². The molecule has 2 aromatic rings.